The summed E-state index contributed by atoms with van der Waals surface area (Å²) in [4.78, 5) is -0.161. The van der Waals surface area contributed by atoms with Gasteiger partial charge in [0.25, 0.3) is 0 Å². The second kappa shape index (κ2) is 5.66. The van der Waals surface area contributed by atoms with E-state index in [0.717, 1.165) is 6.26 Å². The van der Waals surface area contributed by atoms with E-state index < -0.39 is 19.9 Å². The van der Waals surface area contributed by atoms with Gasteiger partial charge in [-0.3, -0.25) is 0 Å². The van der Waals surface area contributed by atoms with Gasteiger partial charge < -0.3 is 5.73 Å². The smallest absolute Gasteiger partial charge is 0.242 e. The molecule has 3 N–H and O–H groups in total. The molecule has 0 fully saturated rings. The van der Waals surface area contributed by atoms with Gasteiger partial charge in [0.2, 0.25) is 10.0 Å². The number of sulfone groups is 1. The van der Waals surface area contributed by atoms with Crippen LogP contribution in [0, 0.1) is 6.92 Å². The van der Waals surface area contributed by atoms with Crippen molar-refractivity contribution >= 4 is 37.1 Å². The van der Waals surface area contributed by atoms with Crippen LogP contribution >= 0.6 is 11.6 Å². The first-order valence-electron chi connectivity index (χ1n) is 5.26. The summed E-state index contributed by atoms with van der Waals surface area (Å²) < 4.78 is 48.0. The van der Waals surface area contributed by atoms with Gasteiger partial charge in [-0.1, -0.05) is 11.6 Å². The second-order valence-electron chi connectivity index (χ2n) is 4.17. The van der Waals surface area contributed by atoms with Gasteiger partial charge in [-0.15, -0.1) is 0 Å². The molecule has 0 bridgehead atoms. The Bertz CT molecular complexity index is 684. The van der Waals surface area contributed by atoms with Gasteiger partial charge in [0.05, 0.1) is 10.8 Å². The summed E-state index contributed by atoms with van der Waals surface area (Å²) in [7, 11) is -7.12. The van der Waals surface area contributed by atoms with Crippen LogP contribution in [0.25, 0.3) is 0 Å². The molecule has 0 saturated carbocycles. The predicted octanol–water partition coefficient (Wildman–Crippen LogP) is 0.554. The topological polar surface area (TPSA) is 106 Å². The van der Waals surface area contributed by atoms with Gasteiger partial charge in [-0.25, -0.2) is 21.6 Å². The zero-order valence-corrected chi connectivity index (χ0v) is 12.9. The number of halogens is 1. The molecule has 1 rings (SSSR count). The van der Waals surface area contributed by atoms with Gasteiger partial charge in [0.1, 0.15) is 14.7 Å². The number of hydrogen-bond acceptors (Lipinski definition) is 5. The second-order valence-corrected chi connectivity index (χ2v) is 8.57. The van der Waals surface area contributed by atoms with E-state index in [2.05, 4.69) is 4.72 Å². The minimum absolute atomic E-state index is 0.0403. The van der Waals surface area contributed by atoms with Gasteiger partial charge in [-0.2, -0.15) is 0 Å². The van der Waals surface area contributed by atoms with Crippen molar-refractivity contribution in [2.45, 2.75) is 11.8 Å². The fourth-order valence-corrected chi connectivity index (χ4v) is 3.56. The number of rotatable bonds is 5. The molecule has 0 aliphatic carbocycles. The van der Waals surface area contributed by atoms with Crippen LogP contribution in [0.5, 0.6) is 0 Å². The van der Waals surface area contributed by atoms with Crippen LogP contribution in [0.1, 0.15) is 5.56 Å². The molecule has 0 amide bonds. The lowest BCUT2D eigenvalue weighted by atomic mass is 10.2. The molecule has 0 aliphatic rings. The fourth-order valence-electron chi connectivity index (χ4n) is 1.31. The van der Waals surface area contributed by atoms with Gasteiger partial charge >= 0.3 is 0 Å². The highest BCUT2D eigenvalue weighted by atomic mass is 35.5. The summed E-state index contributed by atoms with van der Waals surface area (Å²) in [6.45, 7) is 1.49. The zero-order valence-electron chi connectivity index (χ0n) is 10.5. The van der Waals surface area contributed by atoms with Crippen molar-refractivity contribution in [3.8, 4) is 0 Å². The van der Waals surface area contributed by atoms with Crippen LogP contribution in [0.15, 0.2) is 17.0 Å². The summed E-state index contributed by atoms with van der Waals surface area (Å²) in [6.07, 6.45) is 1.03. The van der Waals surface area contributed by atoms with E-state index in [1.54, 1.807) is 6.92 Å². The number of nitrogens with two attached hydrogens (primary N) is 1. The Hall–Kier alpha value is -0.830. The van der Waals surface area contributed by atoms with Crippen LogP contribution in [0.3, 0.4) is 0 Å². The van der Waals surface area contributed by atoms with E-state index >= 15 is 0 Å². The molecule has 0 saturated heterocycles. The summed E-state index contributed by atoms with van der Waals surface area (Å²) in [5.74, 6) is -0.287. The van der Waals surface area contributed by atoms with Crippen LogP contribution < -0.4 is 10.5 Å². The standard InChI is InChI=1S/C10H15ClN2O4S2/c1-7-5-8(11)10(6-9(7)12)19(16,17)13-3-4-18(2,14)15/h5-6,13H,3-4,12H2,1-2H3. The summed E-state index contributed by atoms with van der Waals surface area (Å²) in [6, 6.07) is 2.70. The van der Waals surface area contributed by atoms with Gasteiger partial charge in [0, 0.05) is 18.5 Å². The van der Waals surface area contributed by atoms with E-state index in [0.29, 0.717) is 11.3 Å². The number of benzene rings is 1. The number of hydrogen-bond donors (Lipinski definition) is 2. The average Bonchev–Trinajstić information content (AvgIpc) is 2.20. The highest BCUT2D eigenvalue weighted by Crippen LogP contribution is 2.26. The van der Waals surface area contributed by atoms with Crippen molar-refractivity contribution in [3.63, 3.8) is 0 Å². The maximum atomic E-state index is 12.0. The molecule has 0 aliphatic heterocycles. The summed E-state index contributed by atoms with van der Waals surface area (Å²) >= 11 is 5.86. The minimum atomic E-state index is -3.88. The lowest BCUT2D eigenvalue weighted by Crippen LogP contribution is -2.29. The SMILES string of the molecule is Cc1cc(Cl)c(S(=O)(=O)NCCS(C)(=O)=O)cc1N. The van der Waals surface area contributed by atoms with Crippen LogP contribution in [-0.4, -0.2) is 35.4 Å². The Morgan fingerprint density at radius 2 is 1.84 bits per heavy atom. The van der Waals surface area contributed by atoms with Crippen LogP contribution in [0.4, 0.5) is 5.69 Å². The lowest BCUT2D eigenvalue weighted by Gasteiger charge is -2.10. The number of nitrogen functional groups attached to an aromatic ring is 1. The summed E-state index contributed by atoms with van der Waals surface area (Å²) in [5, 5.41) is 0.0403. The van der Waals surface area contributed by atoms with Gasteiger partial charge in [0.15, 0.2) is 0 Å². The van der Waals surface area contributed by atoms with Crippen molar-refractivity contribution in [1.29, 1.82) is 0 Å². The maximum Gasteiger partial charge on any atom is 0.242 e. The first-order valence-corrected chi connectivity index (χ1v) is 9.18. The van der Waals surface area contributed by atoms with Gasteiger partial charge in [-0.05, 0) is 24.6 Å². The van der Waals surface area contributed by atoms with Crippen molar-refractivity contribution < 1.29 is 16.8 Å². The molecule has 1 aromatic rings. The highest BCUT2D eigenvalue weighted by Gasteiger charge is 2.19. The molecule has 0 atom stereocenters. The Kier molecular flexibility index (Phi) is 4.83. The molecule has 0 heterocycles. The number of anilines is 1. The molecule has 108 valence electrons. The third kappa shape index (κ3) is 4.64. The van der Waals surface area contributed by atoms with Crippen LogP contribution in [-0.2, 0) is 19.9 Å². The third-order valence-corrected chi connectivity index (χ3v) is 5.25. The van der Waals surface area contributed by atoms with E-state index in [-0.39, 0.29) is 22.2 Å². The zero-order chi connectivity index (χ0) is 14.8. The maximum absolute atomic E-state index is 12.0. The van der Waals surface area contributed by atoms with E-state index in [4.69, 9.17) is 17.3 Å². The highest BCUT2D eigenvalue weighted by molar-refractivity contribution is 7.91. The Morgan fingerprint density at radius 1 is 1.26 bits per heavy atom. The predicted molar refractivity (Wildman–Crippen MR) is 75.5 cm³/mol. The van der Waals surface area contributed by atoms with Crippen molar-refractivity contribution in [1.82, 2.24) is 4.72 Å². The van der Waals surface area contributed by atoms with E-state index in [9.17, 15) is 16.8 Å². The molecular formula is C10H15ClN2O4S2. The molecule has 1 aromatic carbocycles. The molecule has 19 heavy (non-hydrogen) atoms. The summed E-state index contributed by atoms with van der Waals surface area (Å²) in [5.41, 5.74) is 6.60. The fraction of sp³-hybridized carbons (Fsp3) is 0.400. The third-order valence-electron chi connectivity index (χ3n) is 2.38. The average molecular weight is 327 g/mol. The van der Waals surface area contributed by atoms with Crippen LogP contribution in [0.2, 0.25) is 5.02 Å². The molecule has 9 heteroatoms. The monoisotopic (exact) mass is 326 g/mol. The largest absolute Gasteiger partial charge is 0.398 e. The minimum Gasteiger partial charge on any atom is -0.398 e. The normalized spacial score (nSPS) is 12.6. The molecular weight excluding hydrogens is 312 g/mol. The van der Waals surface area contributed by atoms with E-state index in [1.165, 1.54) is 12.1 Å². The number of aryl methyl sites for hydroxylation is 1. The lowest BCUT2D eigenvalue weighted by molar-refractivity contribution is 0.582. The number of sulfonamides is 1. The van der Waals surface area contributed by atoms with Crippen molar-refractivity contribution in [3.05, 3.63) is 22.7 Å². The first-order chi connectivity index (χ1) is 8.53. The Morgan fingerprint density at radius 3 is 2.37 bits per heavy atom. The Balaban J connectivity index is 2.98. The Labute approximate surface area is 117 Å². The van der Waals surface area contributed by atoms with E-state index in [1.807, 2.05) is 0 Å². The molecule has 0 aromatic heterocycles. The van der Waals surface area contributed by atoms with Crippen molar-refractivity contribution in [2.75, 3.05) is 24.3 Å². The number of nitrogens with one attached hydrogen (secondary N) is 1. The molecule has 6 nitrogen and oxygen atoms in total. The van der Waals surface area contributed by atoms with Crippen molar-refractivity contribution in [2.24, 2.45) is 0 Å². The molecule has 0 unspecified atom stereocenters. The molecule has 0 spiro atoms. The molecule has 0 radical (unpaired) electrons. The quantitative estimate of drug-likeness (QED) is 0.769. The first kappa shape index (κ1) is 16.2.